The van der Waals surface area contributed by atoms with Crippen LogP contribution >= 0.6 is 11.6 Å². The quantitative estimate of drug-likeness (QED) is 0.726. The maximum Gasteiger partial charge on any atom is 0.141 e. The predicted molar refractivity (Wildman–Crippen MR) is 48.1 cm³/mol. The Morgan fingerprint density at radius 3 is 3.00 bits per heavy atom. The highest BCUT2D eigenvalue weighted by atomic mass is 35.5. The van der Waals surface area contributed by atoms with Crippen molar-refractivity contribution in [2.75, 3.05) is 13.7 Å². The Labute approximate surface area is 80.6 Å². The molecule has 0 fully saturated rings. The van der Waals surface area contributed by atoms with Crippen LogP contribution in [0.5, 0.6) is 0 Å². The summed E-state index contributed by atoms with van der Waals surface area (Å²) in [6.07, 6.45) is 1.04. The fourth-order valence-corrected chi connectivity index (χ4v) is 1.26. The van der Waals surface area contributed by atoms with Crippen molar-refractivity contribution in [3.8, 4) is 0 Å². The molecule has 5 heteroatoms. The van der Waals surface area contributed by atoms with Crippen LogP contribution in [0, 0.1) is 5.82 Å². The van der Waals surface area contributed by atoms with Crippen molar-refractivity contribution in [3.05, 3.63) is 28.8 Å². The molecule has 1 aromatic rings. The Hall–Kier alpha value is -0.710. The van der Waals surface area contributed by atoms with Gasteiger partial charge in [0.15, 0.2) is 0 Å². The van der Waals surface area contributed by atoms with Gasteiger partial charge in [-0.2, -0.15) is 0 Å². The van der Waals surface area contributed by atoms with E-state index in [1.54, 1.807) is 7.05 Å². The van der Waals surface area contributed by atoms with Crippen LogP contribution in [0.4, 0.5) is 4.39 Å². The van der Waals surface area contributed by atoms with Crippen LogP contribution in [0.15, 0.2) is 12.3 Å². The molecular weight excluding hydrogens is 195 g/mol. The molecule has 3 nitrogen and oxygen atoms in total. The molecule has 0 aliphatic heterocycles. The van der Waals surface area contributed by atoms with Gasteiger partial charge in [-0.3, -0.25) is 0 Å². The molecule has 1 rings (SSSR count). The average Bonchev–Trinajstić information content (AvgIpc) is 2.13. The summed E-state index contributed by atoms with van der Waals surface area (Å²) < 4.78 is 12.7. The predicted octanol–water partition coefficient (Wildman–Crippen LogP) is 1.13. The number of aliphatic hydroxyl groups is 1. The number of aliphatic hydroxyl groups excluding tert-OH is 1. The van der Waals surface area contributed by atoms with E-state index >= 15 is 0 Å². The summed E-state index contributed by atoms with van der Waals surface area (Å²) in [4.78, 5) is 3.63. The molecule has 0 saturated heterocycles. The molecule has 0 spiro atoms. The van der Waals surface area contributed by atoms with E-state index < -0.39 is 5.82 Å². The Morgan fingerprint density at radius 1 is 1.77 bits per heavy atom. The van der Waals surface area contributed by atoms with Crippen molar-refractivity contribution >= 4 is 11.6 Å². The van der Waals surface area contributed by atoms with E-state index in [0.29, 0.717) is 5.56 Å². The van der Waals surface area contributed by atoms with E-state index in [2.05, 4.69) is 10.3 Å². The Kier molecular flexibility index (Phi) is 3.59. The first-order valence-corrected chi connectivity index (χ1v) is 4.16. The molecule has 0 unspecified atom stereocenters. The van der Waals surface area contributed by atoms with Gasteiger partial charge >= 0.3 is 0 Å². The smallest absolute Gasteiger partial charge is 0.141 e. The van der Waals surface area contributed by atoms with E-state index in [1.165, 1.54) is 6.07 Å². The Morgan fingerprint density at radius 2 is 2.46 bits per heavy atom. The maximum absolute atomic E-state index is 12.7. The first-order valence-electron chi connectivity index (χ1n) is 3.78. The molecule has 0 aliphatic carbocycles. The van der Waals surface area contributed by atoms with E-state index in [9.17, 15) is 4.39 Å². The van der Waals surface area contributed by atoms with Crippen molar-refractivity contribution in [1.29, 1.82) is 0 Å². The van der Waals surface area contributed by atoms with Crippen LogP contribution in [0.25, 0.3) is 0 Å². The third kappa shape index (κ3) is 2.37. The number of nitrogens with zero attached hydrogens (tertiary/aromatic N) is 1. The fraction of sp³-hybridized carbons (Fsp3) is 0.375. The summed E-state index contributed by atoms with van der Waals surface area (Å²) in [5.74, 6) is -0.465. The average molecular weight is 205 g/mol. The van der Waals surface area contributed by atoms with E-state index in [-0.39, 0.29) is 17.8 Å². The number of hydrogen-bond acceptors (Lipinski definition) is 3. The second-order valence-corrected chi connectivity index (χ2v) is 2.92. The zero-order valence-electron chi connectivity index (χ0n) is 7.09. The van der Waals surface area contributed by atoms with E-state index in [4.69, 9.17) is 16.7 Å². The Bertz CT molecular complexity index is 291. The van der Waals surface area contributed by atoms with Crippen LogP contribution < -0.4 is 5.32 Å². The van der Waals surface area contributed by atoms with E-state index in [1.807, 2.05) is 0 Å². The van der Waals surface area contributed by atoms with Crippen LogP contribution in [0.1, 0.15) is 11.6 Å². The number of pyridine rings is 1. The minimum Gasteiger partial charge on any atom is -0.394 e. The first-order chi connectivity index (χ1) is 6.19. The molecule has 1 heterocycles. The number of rotatable bonds is 3. The molecule has 0 radical (unpaired) electrons. The number of halogens is 2. The van der Waals surface area contributed by atoms with Crippen LogP contribution in [-0.2, 0) is 0 Å². The maximum atomic E-state index is 12.7. The summed E-state index contributed by atoms with van der Waals surface area (Å²) in [7, 11) is 1.65. The summed E-state index contributed by atoms with van der Waals surface area (Å²) in [5.41, 5.74) is 0.465. The minimum absolute atomic E-state index is 0.151. The molecule has 1 atom stereocenters. The largest absolute Gasteiger partial charge is 0.394 e. The monoisotopic (exact) mass is 204 g/mol. The highest BCUT2D eigenvalue weighted by molar-refractivity contribution is 6.30. The number of likely N-dealkylation sites (N-methyl/N-ethyl adjacent to an activating group) is 1. The molecular formula is C8H10ClFN2O. The van der Waals surface area contributed by atoms with Gasteiger partial charge in [-0.1, -0.05) is 11.6 Å². The third-order valence-electron chi connectivity index (χ3n) is 1.74. The van der Waals surface area contributed by atoms with Crippen molar-refractivity contribution in [2.24, 2.45) is 0 Å². The molecule has 0 amide bonds. The zero-order valence-corrected chi connectivity index (χ0v) is 7.85. The summed E-state index contributed by atoms with van der Waals surface area (Å²) >= 11 is 5.72. The van der Waals surface area contributed by atoms with Crippen molar-refractivity contribution in [3.63, 3.8) is 0 Å². The molecule has 72 valence electrons. The second kappa shape index (κ2) is 4.50. The van der Waals surface area contributed by atoms with Gasteiger partial charge < -0.3 is 10.4 Å². The van der Waals surface area contributed by atoms with Crippen LogP contribution in [0.3, 0.4) is 0 Å². The molecule has 0 bridgehead atoms. The van der Waals surface area contributed by atoms with Crippen molar-refractivity contribution < 1.29 is 9.50 Å². The fourth-order valence-electron chi connectivity index (χ4n) is 1.03. The van der Waals surface area contributed by atoms with Gasteiger partial charge in [-0.05, 0) is 13.1 Å². The lowest BCUT2D eigenvalue weighted by molar-refractivity contribution is 0.250. The van der Waals surface area contributed by atoms with Gasteiger partial charge in [0.1, 0.15) is 11.0 Å². The summed E-state index contributed by atoms with van der Waals surface area (Å²) in [5, 5.41) is 11.9. The number of hydrogen-bond donors (Lipinski definition) is 2. The highest BCUT2D eigenvalue weighted by Gasteiger charge is 2.13. The lowest BCUT2D eigenvalue weighted by Gasteiger charge is -2.13. The van der Waals surface area contributed by atoms with Gasteiger partial charge in [0, 0.05) is 5.56 Å². The van der Waals surface area contributed by atoms with Gasteiger partial charge in [0.05, 0.1) is 18.8 Å². The van der Waals surface area contributed by atoms with E-state index in [0.717, 1.165) is 6.20 Å². The zero-order chi connectivity index (χ0) is 9.84. The van der Waals surface area contributed by atoms with Crippen molar-refractivity contribution in [2.45, 2.75) is 6.04 Å². The lowest BCUT2D eigenvalue weighted by atomic mass is 10.1. The van der Waals surface area contributed by atoms with Gasteiger partial charge in [-0.25, -0.2) is 9.37 Å². The summed E-state index contributed by atoms with van der Waals surface area (Å²) in [6, 6.07) is 0.878. The number of aromatic nitrogens is 1. The summed E-state index contributed by atoms with van der Waals surface area (Å²) in [6.45, 7) is -0.151. The topological polar surface area (TPSA) is 45.1 Å². The molecule has 2 N–H and O–H groups in total. The standard InChI is InChI=1S/C8H10ClFN2O/c1-11-7(4-13)6-2-5(10)3-12-8(6)9/h2-3,7,11,13H,4H2,1H3/t7-/m1/s1. The third-order valence-corrected chi connectivity index (χ3v) is 2.06. The SMILES string of the molecule is CN[C@H](CO)c1cc(F)cnc1Cl. The molecule has 0 aromatic carbocycles. The molecule has 13 heavy (non-hydrogen) atoms. The minimum atomic E-state index is -0.465. The Balaban J connectivity index is 3.03. The van der Waals surface area contributed by atoms with Gasteiger partial charge in [0.2, 0.25) is 0 Å². The first kappa shape index (κ1) is 10.4. The van der Waals surface area contributed by atoms with Crippen LogP contribution in [-0.4, -0.2) is 23.7 Å². The molecule has 0 aliphatic rings. The second-order valence-electron chi connectivity index (χ2n) is 2.56. The normalized spacial score (nSPS) is 12.9. The highest BCUT2D eigenvalue weighted by Crippen LogP contribution is 2.20. The van der Waals surface area contributed by atoms with Crippen LogP contribution in [0.2, 0.25) is 5.15 Å². The van der Waals surface area contributed by atoms with Crippen molar-refractivity contribution in [1.82, 2.24) is 10.3 Å². The lowest BCUT2D eigenvalue weighted by Crippen LogP contribution is -2.20. The van der Waals surface area contributed by atoms with Gasteiger partial charge in [-0.15, -0.1) is 0 Å². The number of nitrogens with one attached hydrogen (secondary N) is 1. The molecule has 0 saturated carbocycles. The van der Waals surface area contributed by atoms with Gasteiger partial charge in [0.25, 0.3) is 0 Å². The molecule has 1 aromatic heterocycles.